The maximum Gasteiger partial charge on any atom is 0.254 e. The van der Waals surface area contributed by atoms with Crippen molar-refractivity contribution in [1.82, 2.24) is 10.3 Å². The monoisotopic (exact) mass is 276 g/mol. The van der Waals surface area contributed by atoms with E-state index in [-0.39, 0.29) is 12.1 Å². The van der Waals surface area contributed by atoms with Crippen LogP contribution in [0, 0.1) is 11.6 Å². The minimum absolute atomic E-state index is 0.179. The molecule has 104 valence electrons. The minimum atomic E-state index is -1.14. The molecule has 2 aromatic rings. The van der Waals surface area contributed by atoms with Gasteiger partial charge in [-0.15, -0.1) is 0 Å². The zero-order valence-electron chi connectivity index (χ0n) is 11.0. The van der Waals surface area contributed by atoms with Crippen molar-refractivity contribution < 1.29 is 13.6 Å². The number of nitrogens with one attached hydrogen (secondary N) is 1. The first kappa shape index (κ1) is 14.1. The Labute approximate surface area is 115 Å². The number of hydrogen-bond acceptors (Lipinski definition) is 2. The maximum atomic E-state index is 13.5. The molecule has 1 aromatic carbocycles. The molecule has 0 aliphatic rings. The fourth-order valence-electron chi connectivity index (χ4n) is 1.89. The van der Waals surface area contributed by atoms with E-state index in [0.717, 1.165) is 23.7 Å². The standard InChI is InChI=1S/C15H14F2N2O/c1-2-10-5-4-8-18-13(10)9-19-15(20)11-6-3-7-12(16)14(11)17/h3-8H,2,9H2,1H3,(H,19,20). The van der Waals surface area contributed by atoms with Crippen LogP contribution in [-0.2, 0) is 13.0 Å². The molecule has 20 heavy (non-hydrogen) atoms. The van der Waals surface area contributed by atoms with Gasteiger partial charge in [0, 0.05) is 6.20 Å². The highest BCUT2D eigenvalue weighted by Gasteiger charge is 2.15. The fourth-order valence-corrected chi connectivity index (χ4v) is 1.89. The van der Waals surface area contributed by atoms with Gasteiger partial charge in [-0.1, -0.05) is 19.1 Å². The summed E-state index contributed by atoms with van der Waals surface area (Å²) >= 11 is 0. The summed E-state index contributed by atoms with van der Waals surface area (Å²) in [7, 11) is 0. The van der Waals surface area contributed by atoms with E-state index in [1.165, 1.54) is 12.1 Å². The Balaban J connectivity index is 2.11. The molecule has 0 radical (unpaired) electrons. The van der Waals surface area contributed by atoms with Crippen LogP contribution in [-0.4, -0.2) is 10.9 Å². The summed E-state index contributed by atoms with van der Waals surface area (Å²) in [5.41, 5.74) is 1.42. The van der Waals surface area contributed by atoms with Crippen LogP contribution in [0.1, 0.15) is 28.5 Å². The van der Waals surface area contributed by atoms with Gasteiger partial charge in [0.15, 0.2) is 11.6 Å². The molecule has 0 unspecified atom stereocenters. The van der Waals surface area contributed by atoms with E-state index in [1.807, 2.05) is 19.1 Å². The van der Waals surface area contributed by atoms with Crippen LogP contribution in [0.5, 0.6) is 0 Å². The van der Waals surface area contributed by atoms with Gasteiger partial charge in [0.25, 0.3) is 5.91 Å². The summed E-state index contributed by atoms with van der Waals surface area (Å²) in [4.78, 5) is 16.0. The number of nitrogens with zero attached hydrogens (tertiary/aromatic N) is 1. The summed E-state index contributed by atoms with van der Waals surface area (Å²) in [6, 6.07) is 7.24. The summed E-state index contributed by atoms with van der Waals surface area (Å²) in [6.07, 6.45) is 2.41. The van der Waals surface area contributed by atoms with Crippen molar-refractivity contribution in [2.75, 3.05) is 0 Å². The lowest BCUT2D eigenvalue weighted by Gasteiger charge is -2.09. The topological polar surface area (TPSA) is 42.0 Å². The third-order valence-electron chi connectivity index (χ3n) is 2.98. The molecule has 0 spiro atoms. The van der Waals surface area contributed by atoms with Gasteiger partial charge in [-0.25, -0.2) is 8.78 Å². The molecular formula is C15H14F2N2O. The van der Waals surface area contributed by atoms with Crippen molar-refractivity contribution in [2.24, 2.45) is 0 Å². The molecule has 0 atom stereocenters. The smallest absolute Gasteiger partial charge is 0.254 e. The third kappa shape index (κ3) is 2.99. The van der Waals surface area contributed by atoms with Gasteiger partial charge < -0.3 is 5.32 Å². The Morgan fingerprint density at radius 1 is 1.25 bits per heavy atom. The lowest BCUT2D eigenvalue weighted by Crippen LogP contribution is -2.25. The Hall–Kier alpha value is -2.30. The minimum Gasteiger partial charge on any atom is -0.346 e. The van der Waals surface area contributed by atoms with Gasteiger partial charge >= 0.3 is 0 Å². The molecule has 5 heteroatoms. The van der Waals surface area contributed by atoms with Crippen LogP contribution in [0.3, 0.4) is 0 Å². The van der Waals surface area contributed by atoms with E-state index in [1.54, 1.807) is 6.20 Å². The Kier molecular flexibility index (Phi) is 4.40. The molecule has 2 rings (SSSR count). The fraction of sp³-hybridized carbons (Fsp3) is 0.200. The van der Waals surface area contributed by atoms with E-state index in [2.05, 4.69) is 10.3 Å². The predicted octanol–water partition coefficient (Wildman–Crippen LogP) is 2.85. The van der Waals surface area contributed by atoms with Crippen molar-refractivity contribution in [3.8, 4) is 0 Å². The zero-order valence-corrected chi connectivity index (χ0v) is 11.0. The number of carbonyl (C=O) groups is 1. The average molecular weight is 276 g/mol. The van der Waals surface area contributed by atoms with Gasteiger partial charge in [-0.05, 0) is 30.2 Å². The Bertz CT molecular complexity index is 629. The van der Waals surface area contributed by atoms with Gasteiger partial charge in [-0.2, -0.15) is 0 Å². The molecule has 1 N–H and O–H groups in total. The van der Waals surface area contributed by atoms with Crippen molar-refractivity contribution in [3.05, 3.63) is 65.0 Å². The van der Waals surface area contributed by atoms with Crippen molar-refractivity contribution in [3.63, 3.8) is 0 Å². The second kappa shape index (κ2) is 6.23. The highest BCUT2D eigenvalue weighted by atomic mass is 19.2. The first-order chi connectivity index (χ1) is 9.63. The van der Waals surface area contributed by atoms with E-state index >= 15 is 0 Å². The van der Waals surface area contributed by atoms with Crippen LogP contribution >= 0.6 is 0 Å². The number of aryl methyl sites for hydroxylation is 1. The Morgan fingerprint density at radius 2 is 2.05 bits per heavy atom. The van der Waals surface area contributed by atoms with Crippen molar-refractivity contribution >= 4 is 5.91 Å². The van der Waals surface area contributed by atoms with Gasteiger partial charge in [0.1, 0.15) is 0 Å². The summed E-state index contributed by atoms with van der Waals surface area (Å²) in [6.45, 7) is 2.16. The zero-order chi connectivity index (χ0) is 14.5. The lowest BCUT2D eigenvalue weighted by atomic mass is 10.1. The summed E-state index contributed by atoms with van der Waals surface area (Å²) in [5.74, 6) is -2.83. The normalized spacial score (nSPS) is 10.3. The van der Waals surface area contributed by atoms with E-state index < -0.39 is 17.5 Å². The first-order valence-electron chi connectivity index (χ1n) is 6.28. The molecule has 0 saturated heterocycles. The number of rotatable bonds is 4. The molecule has 1 amide bonds. The first-order valence-corrected chi connectivity index (χ1v) is 6.28. The summed E-state index contributed by atoms with van der Waals surface area (Å²) < 4.78 is 26.5. The number of halogens is 2. The largest absolute Gasteiger partial charge is 0.346 e. The van der Waals surface area contributed by atoms with Gasteiger partial charge in [0.05, 0.1) is 17.8 Å². The molecule has 0 aliphatic heterocycles. The summed E-state index contributed by atoms with van der Waals surface area (Å²) in [5, 5.41) is 2.55. The predicted molar refractivity (Wildman–Crippen MR) is 71.1 cm³/mol. The van der Waals surface area contributed by atoms with Crippen LogP contribution in [0.25, 0.3) is 0 Å². The van der Waals surface area contributed by atoms with Crippen LogP contribution in [0.15, 0.2) is 36.5 Å². The maximum absolute atomic E-state index is 13.5. The number of amides is 1. The highest BCUT2D eigenvalue weighted by Crippen LogP contribution is 2.12. The number of pyridine rings is 1. The van der Waals surface area contributed by atoms with E-state index in [4.69, 9.17) is 0 Å². The third-order valence-corrected chi connectivity index (χ3v) is 2.98. The molecule has 0 fully saturated rings. The van der Waals surface area contributed by atoms with Gasteiger partial charge in [-0.3, -0.25) is 9.78 Å². The van der Waals surface area contributed by atoms with E-state index in [9.17, 15) is 13.6 Å². The second-order valence-electron chi connectivity index (χ2n) is 4.25. The molecule has 0 aliphatic carbocycles. The Morgan fingerprint density at radius 3 is 2.80 bits per heavy atom. The molecule has 1 aromatic heterocycles. The molecule has 1 heterocycles. The van der Waals surface area contributed by atoms with Crippen LogP contribution in [0.4, 0.5) is 8.78 Å². The SMILES string of the molecule is CCc1cccnc1CNC(=O)c1cccc(F)c1F. The van der Waals surface area contributed by atoms with E-state index in [0.29, 0.717) is 0 Å². The number of carbonyl (C=O) groups excluding carboxylic acids is 1. The molecule has 0 saturated carbocycles. The highest BCUT2D eigenvalue weighted by molar-refractivity contribution is 5.94. The van der Waals surface area contributed by atoms with Gasteiger partial charge in [0.2, 0.25) is 0 Å². The molecular weight excluding hydrogens is 262 g/mol. The average Bonchev–Trinajstić information content (AvgIpc) is 2.48. The quantitative estimate of drug-likeness (QED) is 0.933. The molecule has 3 nitrogen and oxygen atoms in total. The number of benzene rings is 1. The van der Waals surface area contributed by atoms with Crippen molar-refractivity contribution in [2.45, 2.75) is 19.9 Å². The lowest BCUT2D eigenvalue weighted by molar-refractivity contribution is 0.0945. The van der Waals surface area contributed by atoms with Crippen molar-refractivity contribution in [1.29, 1.82) is 0 Å². The number of aromatic nitrogens is 1. The van der Waals surface area contributed by atoms with Crippen LogP contribution in [0.2, 0.25) is 0 Å². The molecule has 0 bridgehead atoms. The second-order valence-corrected chi connectivity index (χ2v) is 4.25. The number of hydrogen-bond donors (Lipinski definition) is 1. The van der Waals surface area contributed by atoms with Crippen LogP contribution < -0.4 is 5.32 Å².